The molecule has 1 aromatic carbocycles. The van der Waals surface area contributed by atoms with Crippen molar-refractivity contribution in [3.8, 4) is 0 Å². The summed E-state index contributed by atoms with van der Waals surface area (Å²) >= 11 is 0. The summed E-state index contributed by atoms with van der Waals surface area (Å²) in [6, 6.07) is 7.30. The van der Waals surface area contributed by atoms with E-state index in [9.17, 15) is 4.39 Å². The highest BCUT2D eigenvalue weighted by Gasteiger charge is 2.69. The number of methoxy groups -OCH3 is 1. The SMILES string of the molecule is CO[C@H]1O[C@@H]2C(Cc3ccc4cc(F)c(N)nc4c3)CC[C@@]23OC(C)(C)O[C@@H]13. The third kappa shape index (κ3) is 2.64. The quantitative estimate of drug-likeness (QED) is 0.870. The number of hydrogen-bond donors (Lipinski definition) is 1. The predicted octanol–water partition coefficient (Wildman–Crippen LogP) is 3.17. The van der Waals surface area contributed by atoms with Gasteiger partial charge in [-0.25, -0.2) is 9.37 Å². The Bertz CT molecular complexity index is 936. The van der Waals surface area contributed by atoms with Gasteiger partial charge in [0.25, 0.3) is 0 Å². The van der Waals surface area contributed by atoms with E-state index in [1.54, 1.807) is 7.11 Å². The van der Waals surface area contributed by atoms with Gasteiger partial charge >= 0.3 is 0 Å². The molecule has 7 heteroatoms. The van der Waals surface area contributed by atoms with E-state index in [2.05, 4.69) is 4.98 Å². The van der Waals surface area contributed by atoms with Gasteiger partial charge in [0.05, 0.1) is 11.6 Å². The van der Waals surface area contributed by atoms with Crippen LogP contribution in [-0.4, -0.2) is 42.0 Å². The zero-order chi connectivity index (χ0) is 19.7. The Morgan fingerprint density at radius 2 is 2.11 bits per heavy atom. The summed E-state index contributed by atoms with van der Waals surface area (Å²) in [4.78, 5) is 4.18. The number of hydrogen-bond acceptors (Lipinski definition) is 6. The topological polar surface area (TPSA) is 75.8 Å². The van der Waals surface area contributed by atoms with Crippen molar-refractivity contribution in [2.45, 2.75) is 63.0 Å². The van der Waals surface area contributed by atoms with Gasteiger partial charge in [0.2, 0.25) is 0 Å². The number of benzene rings is 1. The predicted molar refractivity (Wildman–Crippen MR) is 101 cm³/mol. The lowest BCUT2D eigenvalue weighted by molar-refractivity contribution is -0.236. The summed E-state index contributed by atoms with van der Waals surface area (Å²) < 4.78 is 37.9. The Hall–Kier alpha value is -1.80. The highest BCUT2D eigenvalue weighted by Crippen LogP contribution is 2.56. The molecule has 3 heterocycles. The maximum absolute atomic E-state index is 13.6. The second kappa shape index (κ2) is 6.10. The zero-order valence-corrected chi connectivity index (χ0v) is 16.3. The van der Waals surface area contributed by atoms with Gasteiger partial charge in [-0.3, -0.25) is 0 Å². The normalized spacial score (nSPS) is 36.0. The minimum Gasteiger partial charge on any atom is -0.381 e. The summed E-state index contributed by atoms with van der Waals surface area (Å²) in [6.45, 7) is 3.88. The molecule has 0 radical (unpaired) electrons. The van der Waals surface area contributed by atoms with Crippen molar-refractivity contribution in [1.82, 2.24) is 4.98 Å². The Labute approximate surface area is 163 Å². The van der Waals surface area contributed by atoms with Crippen molar-refractivity contribution in [3.63, 3.8) is 0 Å². The van der Waals surface area contributed by atoms with E-state index >= 15 is 0 Å². The first-order chi connectivity index (χ1) is 13.3. The molecular weight excluding hydrogens is 363 g/mol. The monoisotopic (exact) mass is 388 g/mol. The van der Waals surface area contributed by atoms with Gasteiger partial charge < -0.3 is 24.7 Å². The third-order valence-electron chi connectivity index (χ3n) is 6.26. The van der Waals surface area contributed by atoms with Gasteiger partial charge in [0, 0.05) is 12.5 Å². The largest absolute Gasteiger partial charge is 0.381 e. The van der Waals surface area contributed by atoms with Crippen LogP contribution in [0.25, 0.3) is 10.9 Å². The first-order valence-electron chi connectivity index (χ1n) is 9.72. The fourth-order valence-electron chi connectivity index (χ4n) is 5.21. The summed E-state index contributed by atoms with van der Waals surface area (Å²) in [5.41, 5.74) is 6.99. The molecule has 2 aliphatic heterocycles. The lowest BCUT2D eigenvalue weighted by atomic mass is 9.90. The highest BCUT2D eigenvalue weighted by molar-refractivity contribution is 5.80. The lowest BCUT2D eigenvalue weighted by Gasteiger charge is -2.29. The summed E-state index contributed by atoms with van der Waals surface area (Å²) in [6.07, 6.45) is 1.94. The van der Waals surface area contributed by atoms with Crippen molar-refractivity contribution in [2.75, 3.05) is 12.8 Å². The van der Waals surface area contributed by atoms with E-state index in [1.807, 2.05) is 32.0 Å². The third-order valence-corrected chi connectivity index (χ3v) is 6.26. The fourth-order valence-corrected chi connectivity index (χ4v) is 5.21. The zero-order valence-electron chi connectivity index (χ0n) is 16.3. The molecule has 0 bridgehead atoms. The molecule has 1 saturated carbocycles. The number of fused-ring (bicyclic) bond motifs is 1. The van der Waals surface area contributed by atoms with Crippen molar-refractivity contribution in [2.24, 2.45) is 5.92 Å². The van der Waals surface area contributed by atoms with Crippen molar-refractivity contribution < 1.29 is 23.3 Å². The number of ether oxygens (including phenoxy) is 4. The fraction of sp³-hybridized carbons (Fsp3) is 0.571. The molecule has 1 unspecified atom stereocenters. The van der Waals surface area contributed by atoms with Crippen LogP contribution >= 0.6 is 0 Å². The van der Waals surface area contributed by atoms with Crippen LogP contribution < -0.4 is 5.73 Å². The second-order valence-corrected chi connectivity index (χ2v) is 8.54. The summed E-state index contributed by atoms with van der Waals surface area (Å²) in [5, 5.41) is 0.740. The van der Waals surface area contributed by atoms with Gasteiger partial charge in [-0.05, 0) is 56.7 Å². The molecule has 5 atom stereocenters. The number of anilines is 1. The molecule has 2 N–H and O–H groups in total. The van der Waals surface area contributed by atoms with Crippen molar-refractivity contribution in [1.29, 1.82) is 0 Å². The Kier molecular flexibility index (Phi) is 3.97. The minimum atomic E-state index is -0.646. The highest BCUT2D eigenvalue weighted by atomic mass is 19.1. The van der Waals surface area contributed by atoms with Crippen LogP contribution in [0.3, 0.4) is 0 Å². The average Bonchev–Trinajstić information content (AvgIpc) is 3.20. The molecule has 2 aromatic rings. The van der Waals surface area contributed by atoms with Crippen LogP contribution in [0.2, 0.25) is 0 Å². The van der Waals surface area contributed by atoms with Gasteiger partial charge in [-0.2, -0.15) is 0 Å². The molecule has 0 amide bonds. The van der Waals surface area contributed by atoms with E-state index in [0.717, 1.165) is 30.2 Å². The average molecular weight is 388 g/mol. The number of halogens is 1. The van der Waals surface area contributed by atoms with Crippen LogP contribution in [0.4, 0.5) is 10.2 Å². The van der Waals surface area contributed by atoms with Gasteiger partial charge in [-0.1, -0.05) is 12.1 Å². The molecule has 1 aromatic heterocycles. The number of aromatic nitrogens is 1. The maximum atomic E-state index is 13.6. The van der Waals surface area contributed by atoms with Crippen LogP contribution in [0.5, 0.6) is 0 Å². The number of nitrogen functional groups attached to an aromatic ring is 1. The maximum Gasteiger partial charge on any atom is 0.186 e. The van der Waals surface area contributed by atoms with Gasteiger partial charge in [-0.15, -0.1) is 0 Å². The Morgan fingerprint density at radius 3 is 2.89 bits per heavy atom. The number of rotatable bonds is 3. The molecule has 3 aliphatic rings. The number of nitrogens with zero attached hydrogens (tertiary/aromatic N) is 1. The van der Waals surface area contributed by atoms with Gasteiger partial charge in [0.1, 0.15) is 11.7 Å². The molecular formula is C21H25FN2O4. The molecule has 1 aliphatic carbocycles. The molecule has 150 valence electrons. The molecule has 6 nitrogen and oxygen atoms in total. The smallest absolute Gasteiger partial charge is 0.186 e. The standard InChI is InChI=1S/C21H25FN2O4/c1-20(2)27-17-19(25-3)26-16-13(6-7-21(16,17)28-20)8-11-4-5-12-10-14(22)18(23)24-15(12)9-11/h4-5,9-10,13,16-17,19H,6-8H2,1-3H3,(H2,23,24)/t13?,16-,17+,19+,21-/m1/s1. The molecule has 5 rings (SSSR count). The Morgan fingerprint density at radius 1 is 1.29 bits per heavy atom. The van der Waals surface area contributed by atoms with Crippen LogP contribution in [0.15, 0.2) is 24.3 Å². The van der Waals surface area contributed by atoms with Gasteiger partial charge in [0.15, 0.2) is 23.7 Å². The van der Waals surface area contributed by atoms with E-state index in [4.69, 9.17) is 24.7 Å². The summed E-state index contributed by atoms with van der Waals surface area (Å²) in [7, 11) is 1.64. The van der Waals surface area contributed by atoms with Crippen LogP contribution in [-0.2, 0) is 25.4 Å². The lowest BCUT2D eigenvalue weighted by Crippen LogP contribution is -2.44. The molecule has 28 heavy (non-hydrogen) atoms. The van der Waals surface area contributed by atoms with E-state index in [-0.39, 0.29) is 23.9 Å². The van der Waals surface area contributed by atoms with Crippen molar-refractivity contribution in [3.05, 3.63) is 35.6 Å². The van der Waals surface area contributed by atoms with E-state index in [1.165, 1.54) is 6.07 Å². The summed E-state index contributed by atoms with van der Waals surface area (Å²) in [5.74, 6) is -0.939. The minimum absolute atomic E-state index is 0.0758. The molecule has 1 spiro atoms. The number of nitrogens with two attached hydrogens (primary N) is 1. The first-order valence-corrected chi connectivity index (χ1v) is 9.72. The van der Waals surface area contributed by atoms with E-state index < -0.39 is 23.5 Å². The van der Waals surface area contributed by atoms with E-state index in [0.29, 0.717) is 5.52 Å². The first kappa shape index (κ1) is 18.2. The molecule has 2 saturated heterocycles. The van der Waals surface area contributed by atoms with Crippen LogP contribution in [0, 0.1) is 11.7 Å². The van der Waals surface area contributed by atoms with Crippen molar-refractivity contribution >= 4 is 16.7 Å². The second-order valence-electron chi connectivity index (χ2n) is 8.54. The molecule has 3 fully saturated rings. The van der Waals surface area contributed by atoms with Crippen LogP contribution in [0.1, 0.15) is 32.3 Å². The Balaban J connectivity index is 1.43. The number of pyridine rings is 1.